The van der Waals surface area contributed by atoms with Gasteiger partial charge >= 0.3 is 5.97 Å². The van der Waals surface area contributed by atoms with Gasteiger partial charge in [-0.15, -0.1) is 11.8 Å². The Morgan fingerprint density at radius 2 is 1.87 bits per heavy atom. The summed E-state index contributed by atoms with van der Waals surface area (Å²) in [6.45, 7) is 8.81. The first kappa shape index (κ1) is 29.1. The number of aromatic hydroxyl groups is 2. The minimum absolute atomic E-state index is 0.0493. The highest BCUT2D eigenvalue weighted by Gasteiger charge is 2.58. The summed E-state index contributed by atoms with van der Waals surface area (Å²) in [5.74, 6) is 1.83. The van der Waals surface area contributed by atoms with Crippen molar-refractivity contribution in [1.82, 2.24) is 9.63 Å². The molecular formula is C28H44N2O7S. The molecule has 0 aliphatic heterocycles. The number of hydrogen-bond donors (Lipinski definition) is 2. The lowest BCUT2D eigenvalue weighted by atomic mass is 9.82. The molecule has 2 atom stereocenters. The molecule has 10 heteroatoms. The third-order valence-electron chi connectivity index (χ3n) is 8.34. The van der Waals surface area contributed by atoms with E-state index in [1.165, 1.54) is 43.6 Å². The molecule has 0 spiro atoms. The van der Waals surface area contributed by atoms with E-state index in [2.05, 4.69) is 0 Å². The van der Waals surface area contributed by atoms with Gasteiger partial charge in [0.05, 0.1) is 43.2 Å². The zero-order chi connectivity index (χ0) is 27.5. The van der Waals surface area contributed by atoms with Crippen molar-refractivity contribution in [2.45, 2.75) is 101 Å². The first-order valence-corrected chi connectivity index (χ1v) is 14.8. The third kappa shape index (κ3) is 6.80. The van der Waals surface area contributed by atoms with Crippen molar-refractivity contribution in [3.8, 4) is 11.8 Å². The van der Waals surface area contributed by atoms with Crippen LogP contribution in [0.15, 0.2) is 11.0 Å². The molecule has 38 heavy (non-hydrogen) atoms. The SMILES string of the molecule is CCCN(OC(=O)CCOC(C)(C)CCOCCn1c(O)cc(SC23CC4CC(CC2C4)C3)c1O)C(C)=O. The molecule has 0 aromatic carbocycles. The second kappa shape index (κ2) is 12.1. The minimum atomic E-state index is -0.509. The summed E-state index contributed by atoms with van der Waals surface area (Å²) in [5.41, 5.74) is -0.509. The maximum absolute atomic E-state index is 12.0. The Labute approximate surface area is 230 Å². The molecule has 5 rings (SSSR count). The average molecular weight is 553 g/mol. The number of hydrogen-bond acceptors (Lipinski definition) is 8. The van der Waals surface area contributed by atoms with Gasteiger partial charge in [0.15, 0.2) is 5.88 Å². The first-order valence-electron chi connectivity index (χ1n) is 14.0. The average Bonchev–Trinajstić information content (AvgIpc) is 3.33. The number of nitrogens with zero attached hydrogens (tertiary/aromatic N) is 2. The van der Waals surface area contributed by atoms with Crippen molar-refractivity contribution in [2.24, 2.45) is 17.8 Å². The Balaban J connectivity index is 1.15. The van der Waals surface area contributed by atoms with Crippen molar-refractivity contribution >= 4 is 23.6 Å². The van der Waals surface area contributed by atoms with Crippen molar-refractivity contribution in [3.63, 3.8) is 0 Å². The predicted molar refractivity (Wildman–Crippen MR) is 144 cm³/mol. The van der Waals surface area contributed by atoms with Crippen LogP contribution in [-0.2, 0) is 30.4 Å². The van der Waals surface area contributed by atoms with Crippen LogP contribution >= 0.6 is 11.8 Å². The molecule has 2 unspecified atom stereocenters. The number of hydroxylamine groups is 2. The van der Waals surface area contributed by atoms with Crippen molar-refractivity contribution in [3.05, 3.63) is 6.07 Å². The van der Waals surface area contributed by atoms with Crippen LogP contribution in [0.2, 0.25) is 0 Å². The largest absolute Gasteiger partial charge is 0.494 e. The predicted octanol–water partition coefficient (Wildman–Crippen LogP) is 4.88. The molecular weight excluding hydrogens is 508 g/mol. The molecule has 214 valence electrons. The number of aromatic nitrogens is 1. The number of rotatable bonds is 14. The van der Waals surface area contributed by atoms with Crippen LogP contribution in [0.5, 0.6) is 11.8 Å². The van der Waals surface area contributed by atoms with Crippen molar-refractivity contribution in [2.75, 3.05) is 26.4 Å². The standard InChI is InChI=1S/C28H44N2O7S/c1-5-8-30(19(2)31)37-25(33)6-10-36-27(3,4)7-11-35-12-9-29-24(32)16-23(26(29)34)38-28-17-20-13-21(18-28)15-22(28)14-20/h16,20-22,32,34H,5-15,17-18H2,1-4H3. The smallest absolute Gasteiger partial charge is 0.334 e. The van der Waals surface area contributed by atoms with Crippen LogP contribution in [0, 0.1) is 17.8 Å². The summed E-state index contributed by atoms with van der Waals surface area (Å²) < 4.78 is 13.4. The summed E-state index contributed by atoms with van der Waals surface area (Å²) in [5, 5.41) is 22.4. The first-order chi connectivity index (χ1) is 18.0. The van der Waals surface area contributed by atoms with Gasteiger partial charge in [-0.3, -0.25) is 9.36 Å². The Morgan fingerprint density at radius 3 is 2.53 bits per heavy atom. The summed E-state index contributed by atoms with van der Waals surface area (Å²) in [4.78, 5) is 29.4. The van der Waals surface area contributed by atoms with Gasteiger partial charge in [-0.2, -0.15) is 5.06 Å². The highest BCUT2D eigenvalue weighted by atomic mass is 32.2. The van der Waals surface area contributed by atoms with Gasteiger partial charge in [0, 0.05) is 24.3 Å². The second-order valence-corrected chi connectivity index (χ2v) is 13.3. The van der Waals surface area contributed by atoms with E-state index >= 15 is 0 Å². The van der Waals surface area contributed by atoms with E-state index in [0.717, 1.165) is 27.7 Å². The Kier molecular flexibility index (Phi) is 9.25. The van der Waals surface area contributed by atoms with Crippen LogP contribution in [0.4, 0.5) is 0 Å². The van der Waals surface area contributed by atoms with E-state index in [-0.39, 0.29) is 35.4 Å². The lowest BCUT2D eigenvalue weighted by molar-refractivity contribution is -0.198. The molecule has 4 saturated carbocycles. The van der Waals surface area contributed by atoms with Crippen LogP contribution in [-0.4, -0.2) is 68.4 Å². The van der Waals surface area contributed by atoms with Gasteiger partial charge in [-0.1, -0.05) is 6.92 Å². The maximum Gasteiger partial charge on any atom is 0.334 e. The molecule has 2 N–H and O–H groups in total. The van der Waals surface area contributed by atoms with Gasteiger partial charge in [-0.05, 0) is 76.5 Å². The van der Waals surface area contributed by atoms with Gasteiger partial charge in [0.25, 0.3) is 5.91 Å². The van der Waals surface area contributed by atoms with Gasteiger partial charge in [0.1, 0.15) is 0 Å². The van der Waals surface area contributed by atoms with Crippen molar-refractivity contribution in [1.29, 1.82) is 0 Å². The van der Waals surface area contributed by atoms with E-state index < -0.39 is 11.6 Å². The zero-order valence-electron chi connectivity index (χ0n) is 23.2. The van der Waals surface area contributed by atoms with Crippen LogP contribution in [0.1, 0.15) is 79.1 Å². The summed E-state index contributed by atoms with van der Waals surface area (Å²) in [6.07, 6.45) is 7.86. The van der Waals surface area contributed by atoms with Crippen LogP contribution in [0.3, 0.4) is 0 Å². The molecule has 4 aliphatic carbocycles. The topological polar surface area (TPSA) is 110 Å². The van der Waals surface area contributed by atoms with Gasteiger partial charge in [0.2, 0.25) is 5.88 Å². The monoisotopic (exact) mass is 552 g/mol. The Bertz CT molecular complexity index is 980. The molecule has 1 amide bonds. The fraction of sp³-hybridized carbons (Fsp3) is 0.786. The molecule has 0 radical (unpaired) electrons. The maximum atomic E-state index is 12.0. The van der Waals surface area contributed by atoms with Gasteiger partial charge < -0.3 is 24.5 Å². The third-order valence-corrected chi connectivity index (χ3v) is 9.93. The number of amides is 1. The van der Waals surface area contributed by atoms with E-state index in [1.54, 1.807) is 17.8 Å². The number of carbonyl (C=O) groups excluding carboxylic acids is 2. The van der Waals surface area contributed by atoms with E-state index in [1.807, 2.05) is 20.8 Å². The van der Waals surface area contributed by atoms with E-state index in [0.29, 0.717) is 39.1 Å². The van der Waals surface area contributed by atoms with E-state index in [9.17, 15) is 19.8 Å². The van der Waals surface area contributed by atoms with Crippen molar-refractivity contribution < 1.29 is 34.1 Å². The summed E-state index contributed by atoms with van der Waals surface area (Å²) in [6, 6.07) is 1.70. The molecule has 1 heterocycles. The fourth-order valence-electron chi connectivity index (χ4n) is 6.60. The molecule has 4 fully saturated rings. The second-order valence-electron chi connectivity index (χ2n) is 11.9. The number of ether oxygens (including phenoxy) is 2. The quantitative estimate of drug-likeness (QED) is 0.248. The minimum Gasteiger partial charge on any atom is -0.494 e. The Hall–Kier alpha value is -1.91. The highest BCUT2D eigenvalue weighted by molar-refractivity contribution is 8.00. The lowest BCUT2D eigenvalue weighted by Crippen LogP contribution is -2.33. The van der Waals surface area contributed by atoms with Gasteiger partial charge in [-0.25, -0.2) is 4.79 Å². The zero-order valence-corrected chi connectivity index (χ0v) is 24.1. The van der Waals surface area contributed by atoms with E-state index in [4.69, 9.17) is 14.3 Å². The summed E-state index contributed by atoms with van der Waals surface area (Å²) >= 11 is 1.79. The highest BCUT2D eigenvalue weighted by Crippen LogP contribution is 2.67. The fourth-order valence-corrected chi connectivity index (χ4v) is 8.40. The Morgan fingerprint density at radius 1 is 1.16 bits per heavy atom. The number of thioether (sulfide) groups is 1. The lowest BCUT2D eigenvalue weighted by Gasteiger charge is -2.32. The normalized spacial score (nSPS) is 25.7. The molecule has 1 aromatic rings. The molecule has 4 bridgehead atoms. The molecule has 1 aromatic heterocycles. The molecule has 4 aliphatic rings. The van der Waals surface area contributed by atoms with Crippen LogP contribution in [0.25, 0.3) is 0 Å². The summed E-state index contributed by atoms with van der Waals surface area (Å²) in [7, 11) is 0. The van der Waals surface area contributed by atoms with Crippen LogP contribution < -0.4 is 0 Å². The molecule has 9 nitrogen and oxygen atoms in total. The molecule has 0 saturated heterocycles. The number of carbonyl (C=O) groups is 2.